The van der Waals surface area contributed by atoms with Crippen LogP contribution in [0.2, 0.25) is 0 Å². The lowest BCUT2D eigenvalue weighted by Gasteiger charge is -2.43. The summed E-state index contributed by atoms with van der Waals surface area (Å²) >= 11 is 0. The predicted molar refractivity (Wildman–Crippen MR) is 146 cm³/mol. The molecule has 0 bridgehead atoms. The number of aliphatic hydroxyl groups is 1. The Hall–Kier alpha value is -2.70. The number of ketones is 1. The summed E-state index contributed by atoms with van der Waals surface area (Å²) in [5.41, 5.74) is 1.43. The second-order valence-corrected chi connectivity index (χ2v) is 11.6. The van der Waals surface area contributed by atoms with Crippen molar-refractivity contribution in [3.05, 3.63) is 71.3 Å². The van der Waals surface area contributed by atoms with E-state index >= 15 is 0 Å². The highest BCUT2D eigenvalue weighted by atomic mass is 16.6. The molecule has 2 aromatic carbocycles. The van der Waals surface area contributed by atoms with Gasteiger partial charge in [0.1, 0.15) is 11.6 Å². The van der Waals surface area contributed by atoms with Crippen LogP contribution in [0.25, 0.3) is 0 Å². The van der Waals surface area contributed by atoms with Crippen LogP contribution >= 0.6 is 0 Å². The van der Waals surface area contributed by atoms with Gasteiger partial charge in [0.25, 0.3) is 0 Å². The number of nitrogens with one attached hydrogen (secondary N) is 1. The van der Waals surface area contributed by atoms with Gasteiger partial charge in [-0.2, -0.15) is 0 Å². The van der Waals surface area contributed by atoms with E-state index in [4.69, 9.17) is 4.74 Å². The number of carbonyl (C=O) groups is 2. The molecule has 1 saturated heterocycles. The zero-order valence-corrected chi connectivity index (χ0v) is 22.5. The summed E-state index contributed by atoms with van der Waals surface area (Å²) in [6.07, 6.45) is 5.18. The quantitative estimate of drug-likeness (QED) is 0.551. The molecule has 0 aromatic heterocycles. The third kappa shape index (κ3) is 6.79. The highest BCUT2D eigenvalue weighted by Gasteiger charge is 2.48. The second-order valence-electron chi connectivity index (χ2n) is 11.6. The molecule has 2 unspecified atom stereocenters. The summed E-state index contributed by atoms with van der Waals surface area (Å²) in [6, 6.07) is 17.7. The fraction of sp³-hybridized carbons (Fsp3) is 0.548. The van der Waals surface area contributed by atoms with Crippen molar-refractivity contribution >= 4 is 11.9 Å². The number of ether oxygens (including phenoxy) is 1. The first-order valence-electron chi connectivity index (χ1n) is 13.8. The zero-order chi connectivity index (χ0) is 26.5. The minimum atomic E-state index is -1.13. The van der Waals surface area contributed by atoms with E-state index in [0.29, 0.717) is 32.5 Å². The number of nitrogens with zero attached hydrogens (tertiary/aromatic N) is 1. The molecule has 6 nitrogen and oxygen atoms in total. The highest BCUT2D eigenvalue weighted by Crippen LogP contribution is 2.43. The molecule has 2 aromatic rings. The van der Waals surface area contributed by atoms with Crippen molar-refractivity contribution in [3.63, 3.8) is 0 Å². The van der Waals surface area contributed by atoms with Gasteiger partial charge >= 0.3 is 6.09 Å². The summed E-state index contributed by atoms with van der Waals surface area (Å²) in [7, 11) is 0. The van der Waals surface area contributed by atoms with E-state index in [1.165, 1.54) is 5.56 Å². The number of carbonyl (C=O) groups excluding carboxylic acids is 2. The third-order valence-corrected chi connectivity index (χ3v) is 7.63. The van der Waals surface area contributed by atoms with Crippen molar-refractivity contribution < 1.29 is 19.4 Å². The maximum Gasteiger partial charge on any atom is 0.410 e. The van der Waals surface area contributed by atoms with Crippen LogP contribution in [0.5, 0.6) is 0 Å². The van der Waals surface area contributed by atoms with Gasteiger partial charge < -0.3 is 15.2 Å². The number of rotatable bonds is 7. The van der Waals surface area contributed by atoms with Gasteiger partial charge in [0.2, 0.25) is 0 Å². The van der Waals surface area contributed by atoms with Crippen molar-refractivity contribution in [2.75, 3.05) is 19.6 Å². The van der Waals surface area contributed by atoms with E-state index < -0.39 is 29.3 Å². The monoisotopic (exact) mass is 506 g/mol. The largest absolute Gasteiger partial charge is 0.444 e. The first-order valence-corrected chi connectivity index (χ1v) is 13.8. The number of hydrogen-bond acceptors (Lipinski definition) is 5. The van der Waals surface area contributed by atoms with E-state index in [-0.39, 0.29) is 5.78 Å². The van der Waals surface area contributed by atoms with Crippen LogP contribution < -0.4 is 5.32 Å². The Bertz CT molecular complexity index is 1060. The van der Waals surface area contributed by atoms with Crippen molar-refractivity contribution in [2.24, 2.45) is 0 Å². The molecule has 1 heterocycles. The number of aryl methyl sites for hydroxylation is 2. The molecule has 2 N–H and O–H groups in total. The molecule has 6 heteroatoms. The number of amides is 1. The Morgan fingerprint density at radius 3 is 2.41 bits per heavy atom. The minimum Gasteiger partial charge on any atom is -0.444 e. The summed E-state index contributed by atoms with van der Waals surface area (Å²) in [4.78, 5) is 29.2. The van der Waals surface area contributed by atoms with E-state index in [1.807, 2.05) is 57.2 Å². The summed E-state index contributed by atoms with van der Waals surface area (Å²) in [5, 5.41) is 15.3. The van der Waals surface area contributed by atoms with Crippen LogP contribution in [0.4, 0.5) is 4.79 Å². The van der Waals surface area contributed by atoms with Gasteiger partial charge in [0.05, 0.1) is 11.5 Å². The fourth-order valence-electron chi connectivity index (χ4n) is 5.82. The number of Topliss-reactive ketones (excluding diaryl/α,β-unsaturated/α-hetero) is 1. The lowest BCUT2D eigenvalue weighted by molar-refractivity contribution is -0.135. The lowest BCUT2D eigenvalue weighted by atomic mass is 9.68. The van der Waals surface area contributed by atoms with Crippen LogP contribution in [0.3, 0.4) is 0 Å². The summed E-state index contributed by atoms with van der Waals surface area (Å²) in [6.45, 7) is 6.86. The van der Waals surface area contributed by atoms with E-state index in [9.17, 15) is 14.7 Å². The van der Waals surface area contributed by atoms with Crippen LogP contribution in [-0.4, -0.2) is 58.8 Å². The average Bonchev–Trinajstić information content (AvgIpc) is 2.88. The molecule has 0 spiro atoms. The SMILES string of the molecule is CC(C)(C)OC(=O)N1CCNCC1C(=O)C(c1ccccc1CCc1ccccc1)C1(O)CCCCC1. The normalized spacial score (nSPS) is 20.8. The zero-order valence-electron chi connectivity index (χ0n) is 22.5. The van der Waals surface area contributed by atoms with Gasteiger partial charge in [-0.25, -0.2) is 4.79 Å². The number of benzene rings is 2. The summed E-state index contributed by atoms with van der Waals surface area (Å²) < 4.78 is 5.67. The maximum atomic E-state index is 14.5. The van der Waals surface area contributed by atoms with E-state index in [0.717, 1.165) is 43.2 Å². The molecule has 37 heavy (non-hydrogen) atoms. The molecular formula is C31H42N2O4. The molecule has 0 radical (unpaired) electrons. The van der Waals surface area contributed by atoms with Gasteiger partial charge in [-0.1, -0.05) is 73.9 Å². The molecule has 1 amide bonds. The van der Waals surface area contributed by atoms with Crippen LogP contribution in [0.1, 0.15) is 75.5 Å². The molecule has 1 aliphatic carbocycles. The van der Waals surface area contributed by atoms with Gasteiger partial charge in [0.15, 0.2) is 5.78 Å². The first kappa shape index (κ1) is 27.3. The van der Waals surface area contributed by atoms with Gasteiger partial charge in [0, 0.05) is 19.6 Å². The molecule has 2 atom stereocenters. The molecule has 2 fully saturated rings. The van der Waals surface area contributed by atoms with Crippen molar-refractivity contribution in [1.82, 2.24) is 10.2 Å². The molecule has 2 aliphatic rings. The van der Waals surface area contributed by atoms with Crippen molar-refractivity contribution in [3.8, 4) is 0 Å². The Kier molecular flexibility index (Phi) is 8.71. The molecular weight excluding hydrogens is 464 g/mol. The van der Waals surface area contributed by atoms with Crippen LogP contribution in [0, 0.1) is 0 Å². The fourth-order valence-corrected chi connectivity index (χ4v) is 5.82. The Balaban J connectivity index is 1.68. The minimum absolute atomic E-state index is 0.102. The first-order chi connectivity index (χ1) is 17.7. The number of piperazine rings is 1. The Morgan fingerprint density at radius 2 is 1.70 bits per heavy atom. The third-order valence-electron chi connectivity index (χ3n) is 7.63. The van der Waals surface area contributed by atoms with Crippen LogP contribution in [0.15, 0.2) is 54.6 Å². The molecule has 1 saturated carbocycles. The Labute approximate surface area is 221 Å². The van der Waals surface area contributed by atoms with E-state index in [2.05, 4.69) is 23.5 Å². The standard InChI is InChI=1S/C31H42N2O4/c1-30(2,3)37-29(35)33-21-20-32-22-26(33)28(34)27(31(36)18-10-5-11-19-31)25-15-9-8-14-24(25)17-16-23-12-6-4-7-13-23/h4,6-9,12-15,26-27,32,36H,5,10-11,16-22H2,1-3H3. The molecule has 4 rings (SSSR count). The van der Waals surface area contributed by atoms with E-state index in [1.54, 1.807) is 4.90 Å². The number of hydrogen-bond donors (Lipinski definition) is 2. The topological polar surface area (TPSA) is 78.9 Å². The van der Waals surface area contributed by atoms with Crippen LogP contribution in [-0.2, 0) is 22.4 Å². The molecule has 1 aliphatic heterocycles. The lowest BCUT2D eigenvalue weighted by Crippen LogP contribution is -2.60. The van der Waals surface area contributed by atoms with Gasteiger partial charge in [-0.15, -0.1) is 0 Å². The average molecular weight is 507 g/mol. The predicted octanol–water partition coefficient (Wildman–Crippen LogP) is 5.03. The maximum absolute atomic E-state index is 14.5. The second kappa shape index (κ2) is 11.8. The Morgan fingerprint density at radius 1 is 1.03 bits per heavy atom. The van der Waals surface area contributed by atoms with Gasteiger partial charge in [-0.3, -0.25) is 9.69 Å². The smallest absolute Gasteiger partial charge is 0.410 e. The van der Waals surface area contributed by atoms with Crippen molar-refractivity contribution in [1.29, 1.82) is 0 Å². The summed E-state index contributed by atoms with van der Waals surface area (Å²) in [5.74, 6) is -0.802. The van der Waals surface area contributed by atoms with Crippen molar-refractivity contribution in [2.45, 2.75) is 88.9 Å². The molecule has 200 valence electrons. The highest BCUT2D eigenvalue weighted by molar-refractivity contribution is 5.94. The van der Waals surface area contributed by atoms with Gasteiger partial charge in [-0.05, 0) is 63.1 Å².